The molecule has 0 saturated carbocycles. The second kappa shape index (κ2) is 5.42. The van der Waals surface area contributed by atoms with Gasteiger partial charge in [0, 0.05) is 18.3 Å². The minimum atomic E-state index is -2.81. The first-order chi connectivity index (χ1) is 10.7. The van der Waals surface area contributed by atoms with Gasteiger partial charge >= 0.3 is 0 Å². The van der Waals surface area contributed by atoms with E-state index in [1.165, 1.54) is 21.8 Å². The second-order valence-electron chi connectivity index (χ2n) is 5.20. The van der Waals surface area contributed by atoms with E-state index in [-0.39, 0.29) is 22.0 Å². The fraction of sp³-hybridized carbons (Fsp3) is 0.286. The molecule has 0 unspecified atom stereocenters. The van der Waals surface area contributed by atoms with Gasteiger partial charge in [-0.2, -0.15) is 5.10 Å². The van der Waals surface area contributed by atoms with Crippen LogP contribution in [0.25, 0.3) is 16.1 Å². The van der Waals surface area contributed by atoms with E-state index < -0.39 is 24.8 Å². The molecule has 1 aromatic carbocycles. The average Bonchev–Trinajstić information content (AvgIpc) is 2.78. The molecule has 0 spiro atoms. The second-order valence-corrected chi connectivity index (χ2v) is 6.47. The highest BCUT2D eigenvalue weighted by molar-refractivity contribution is 9.10. The van der Waals surface area contributed by atoms with Gasteiger partial charge in [-0.05, 0) is 22.0 Å². The number of halogens is 5. The summed E-state index contributed by atoms with van der Waals surface area (Å²) in [6.07, 6.45) is 1.46. The van der Waals surface area contributed by atoms with Gasteiger partial charge in [0.2, 0.25) is 5.69 Å². The fourth-order valence-corrected chi connectivity index (χ4v) is 3.29. The smallest absolute Gasteiger partial charge is 0.282 e. The summed E-state index contributed by atoms with van der Waals surface area (Å²) in [6, 6.07) is 1.22. The first-order valence-electron chi connectivity index (χ1n) is 6.45. The van der Waals surface area contributed by atoms with Gasteiger partial charge in [-0.25, -0.2) is 18.0 Å². The molecule has 2 aromatic rings. The number of anilines is 1. The Morgan fingerprint density at radius 3 is 2.57 bits per heavy atom. The minimum absolute atomic E-state index is 0.0513. The predicted octanol–water partition coefficient (Wildman–Crippen LogP) is 4.65. The van der Waals surface area contributed by atoms with E-state index in [0.29, 0.717) is 10.2 Å². The zero-order chi connectivity index (χ0) is 16.9. The van der Waals surface area contributed by atoms with Crippen LogP contribution in [0.1, 0.15) is 0 Å². The molecule has 1 aliphatic rings. The Morgan fingerprint density at radius 2 is 2.09 bits per heavy atom. The molecule has 23 heavy (non-hydrogen) atoms. The van der Waals surface area contributed by atoms with Gasteiger partial charge < -0.3 is 4.90 Å². The monoisotopic (exact) mass is 404 g/mol. The van der Waals surface area contributed by atoms with Crippen LogP contribution in [0.4, 0.5) is 24.5 Å². The van der Waals surface area contributed by atoms with E-state index in [2.05, 4.69) is 25.9 Å². The Hall–Kier alpha value is -1.72. The van der Waals surface area contributed by atoms with Crippen molar-refractivity contribution in [1.82, 2.24) is 9.78 Å². The van der Waals surface area contributed by atoms with E-state index in [1.54, 1.807) is 7.05 Å². The van der Waals surface area contributed by atoms with Crippen molar-refractivity contribution in [1.29, 1.82) is 0 Å². The lowest BCUT2D eigenvalue weighted by Crippen LogP contribution is -2.56. The van der Waals surface area contributed by atoms with Crippen LogP contribution in [-0.4, -0.2) is 28.8 Å². The largest absolute Gasteiger partial charge is 0.368 e. The number of hydrogen-bond acceptors (Lipinski definition) is 2. The molecule has 4 nitrogen and oxygen atoms in total. The number of aryl methyl sites for hydroxylation is 1. The SMILES string of the molecule is [C-]#[N+]c1c(N2CC(F)(F)C2)cc(Cl)c(F)c1-c1c(Br)cnn1C. The summed E-state index contributed by atoms with van der Waals surface area (Å²) in [7, 11) is 1.59. The molecule has 1 aliphatic heterocycles. The van der Waals surface area contributed by atoms with Crippen LogP contribution in [0.2, 0.25) is 5.02 Å². The van der Waals surface area contributed by atoms with Gasteiger partial charge in [-0.15, -0.1) is 0 Å². The molecular weight excluding hydrogens is 397 g/mol. The molecule has 9 heteroatoms. The molecule has 0 atom stereocenters. The summed E-state index contributed by atoms with van der Waals surface area (Å²) in [5.41, 5.74) is 0.404. The third kappa shape index (κ3) is 2.58. The van der Waals surface area contributed by atoms with Crippen LogP contribution < -0.4 is 4.90 Å². The molecular formula is C14H9BrClF3N4. The lowest BCUT2D eigenvalue weighted by atomic mass is 10.0. The molecule has 0 N–H and O–H groups in total. The summed E-state index contributed by atoms with van der Waals surface area (Å²) in [5, 5.41) is 3.76. The molecule has 1 fully saturated rings. The summed E-state index contributed by atoms with van der Waals surface area (Å²) < 4.78 is 42.7. The minimum Gasteiger partial charge on any atom is -0.368 e. The molecule has 1 saturated heterocycles. The van der Waals surface area contributed by atoms with Gasteiger partial charge in [-0.3, -0.25) is 4.68 Å². The van der Waals surface area contributed by atoms with Gasteiger partial charge in [0.25, 0.3) is 5.92 Å². The molecule has 120 valence electrons. The average molecular weight is 406 g/mol. The Balaban J connectivity index is 2.24. The number of benzene rings is 1. The van der Waals surface area contributed by atoms with Crippen molar-refractivity contribution in [2.24, 2.45) is 7.05 Å². The highest BCUT2D eigenvalue weighted by Gasteiger charge is 2.45. The van der Waals surface area contributed by atoms with Crippen molar-refractivity contribution in [2.45, 2.75) is 5.92 Å². The van der Waals surface area contributed by atoms with Crippen LogP contribution in [0.3, 0.4) is 0 Å². The van der Waals surface area contributed by atoms with Crippen molar-refractivity contribution in [3.8, 4) is 11.3 Å². The maximum absolute atomic E-state index is 14.6. The van der Waals surface area contributed by atoms with Crippen molar-refractivity contribution >= 4 is 38.9 Å². The maximum Gasteiger partial charge on any atom is 0.282 e. The van der Waals surface area contributed by atoms with Crippen LogP contribution >= 0.6 is 27.5 Å². The third-order valence-electron chi connectivity index (χ3n) is 3.60. The van der Waals surface area contributed by atoms with Crippen molar-refractivity contribution in [2.75, 3.05) is 18.0 Å². The predicted molar refractivity (Wildman–Crippen MR) is 84.7 cm³/mol. The fourth-order valence-electron chi connectivity index (χ4n) is 2.55. The lowest BCUT2D eigenvalue weighted by Gasteiger charge is -2.41. The standard InChI is InChI=1S/C14H9BrClF3N4/c1-20-12-9(23-5-14(18,19)6-23)3-8(16)11(17)10(12)13-7(15)4-21-22(13)2/h3-4H,5-6H2,2H3. The van der Waals surface area contributed by atoms with E-state index in [1.807, 2.05) is 0 Å². The van der Waals surface area contributed by atoms with Gasteiger partial charge in [-0.1, -0.05) is 11.6 Å². The Bertz CT molecular complexity index is 816. The number of alkyl halides is 2. The Kier molecular flexibility index (Phi) is 3.81. The van der Waals surface area contributed by atoms with Crippen molar-refractivity contribution in [3.05, 3.63) is 39.0 Å². The van der Waals surface area contributed by atoms with E-state index in [4.69, 9.17) is 18.2 Å². The summed E-state index contributed by atoms with van der Waals surface area (Å²) in [5.74, 6) is -3.59. The van der Waals surface area contributed by atoms with Crippen molar-refractivity contribution in [3.63, 3.8) is 0 Å². The Labute approximate surface area is 143 Å². The van der Waals surface area contributed by atoms with Gasteiger partial charge in [0.15, 0.2) is 0 Å². The van der Waals surface area contributed by atoms with E-state index >= 15 is 0 Å². The third-order valence-corrected chi connectivity index (χ3v) is 4.46. The highest BCUT2D eigenvalue weighted by atomic mass is 79.9. The quantitative estimate of drug-likeness (QED) is 0.680. The zero-order valence-electron chi connectivity index (χ0n) is 11.7. The highest BCUT2D eigenvalue weighted by Crippen LogP contribution is 2.47. The molecule has 3 rings (SSSR count). The number of aromatic nitrogens is 2. The van der Waals surface area contributed by atoms with Gasteiger partial charge in [0.05, 0.1) is 41.0 Å². The molecule has 0 aliphatic carbocycles. The lowest BCUT2D eigenvalue weighted by molar-refractivity contribution is -0.0261. The summed E-state index contributed by atoms with van der Waals surface area (Å²) in [6.45, 7) is 6.33. The van der Waals surface area contributed by atoms with E-state index in [0.717, 1.165) is 0 Å². The molecule has 1 aromatic heterocycles. The molecule has 0 bridgehead atoms. The number of hydrogen-bond donors (Lipinski definition) is 0. The normalized spacial score (nSPS) is 16.1. The van der Waals surface area contributed by atoms with Crippen LogP contribution in [-0.2, 0) is 7.05 Å². The number of nitrogens with zero attached hydrogens (tertiary/aromatic N) is 4. The maximum atomic E-state index is 14.6. The van der Waals surface area contributed by atoms with Crippen LogP contribution in [0.15, 0.2) is 16.7 Å². The molecule has 2 heterocycles. The van der Waals surface area contributed by atoms with Crippen LogP contribution in [0.5, 0.6) is 0 Å². The molecule has 0 radical (unpaired) electrons. The summed E-state index contributed by atoms with van der Waals surface area (Å²) >= 11 is 9.19. The van der Waals surface area contributed by atoms with Crippen molar-refractivity contribution < 1.29 is 13.2 Å². The number of rotatable bonds is 2. The molecule has 0 amide bonds. The van der Waals surface area contributed by atoms with E-state index in [9.17, 15) is 13.2 Å². The first-order valence-corrected chi connectivity index (χ1v) is 7.62. The van der Waals surface area contributed by atoms with Crippen LogP contribution in [0, 0.1) is 12.4 Å². The Morgan fingerprint density at radius 1 is 1.43 bits per heavy atom. The van der Waals surface area contributed by atoms with Gasteiger partial charge in [0.1, 0.15) is 5.82 Å². The first kappa shape index (κ1) is 16.1. The summed E-state index contributed by atoms with van der Waals surface area (Å²) in [4.78, 5) is 4.68. The topological polar surface area (TPSA) is 25.4 Å². The zero-order valence-corrected chi connectivity index (χ0v) is 14.1.